The monoisotopic (exact) mass is 411 g/mol. The van der Waals surface area contributed by atoms with Gasteiger partial charge in [-0.2, -0.15) is 0 Å². The van der Waals surface area contributed by atoms with Gasteiger partial charge in [0.1, 0.15) is 19.8 Å². The molecule has 27 heavy (non-hydrogen) atoms. The van der Waals surface area contributed by atoms with Gasteiger partial charge in [-0.25, -0.2) is 8.42 Å². The van der Waals surface area contributed by atoms with E-state index in [1.54, 1.807) is 19.1 Å². The van der Waals surface area contributed by atoms with E-state index in [0.29, 0.717) is 29.7 Å². The minimum Gasteiger partial charge on any atom is -0.486 e. The minimum atomic E-state index is -4.08. The molecule has 1 heterocycles. The first-order valence-electron chi connectivity index (χ1n) is 8.08. The Labute approximate surface area is 162 Å². The van der Waals surface area contributed by atoms with Crippen LogP contribution in [0.15, 0.2) is 41.3 Å². The number of sulfonamides is 1. The predicted octanol–water partition coefficient (Wildman–Crippen LogP) is 2.79. The Kier molecular flexibility index (Phi) is 5.48. The van der Waals surface area contributed by atoms with E-state index in [9.17, 15) is 13.2 Å². The molecule has 0 atom stereocenters. The van der Waals surface area contributed by atoms with Crippen molar-refractivity contribution >= 4 is 33.3 Å². The number of anilines is 1. The fraction of sp³-hybridized carbons (Fsp3) is 0.278. The van der Waals surface area contributed by atoms with Gasteiger partial charge in [0.25, 0.3) is 10.0 Å². The molecule has 0 bridgehead atoms. The number of benzene rings is 2. The first kappa shape index (κ1) is 19.3. The van der Waals surface area contributed by atoms with Gasteiger partial charge < -0.3 is 14.2 Å². The summed E-state index contributed by atoms with van der Waals surface area (Å²) < 4.78 is 43.0. The Bertz CT molecular complexity index is 976. The van der Waals surface area contributed by atoms with Crippen molar-refractivity contribution in [3.63, 3.8) is 0 Å². The number of esters is 1. The molecule has 0 unspecified atom stereocenters. The molecule has 3 rings (SSSR count). The van der Waals surface area contributed by atoms with Gasteiger partial charge in [-0.05, 0) is 36.8 Å². The van der Waals surface area contributed by atoms with E-state index in [0.717, 1.165) is 9.87 Å². The number of methoxy groups -OCH3 is 1. The van der Waals surface area contributed by atoms with E-state index >= 15 is 0 Å². The lowest BCUT2D eigenvalue weighted by Gasteiger charge is -2.25. The number of carbonyl (C=O) groups is 1. The summed E-state index contributed by atoms with van der Waals surface area (Å²) in [7, 11) is -2.89. The fourth-order valence-electron chi connectivity index (χ4n) is 2.55. The second kappa shape index (κ2) is 7.66. The molecule has 1 aliphatic rings. The van der Waals surface area contributed by atoms with Gasteiger partial charge in [0.05, 0.1) is 17.7 Å². The molecule has 7 nitrogen and oxygen atoms in total. The third-order valence-electron chi connectivity index (χ3n) is 4.05. The van der Waals surface area contributed by atoms with E-state index in [-0.39, 0.29) is 10.6 Å². The van der Waals surface area contributed by atoms with E-state index in [1.165, 1.54) is 31.4 Å². The maximum Gasteiger partial charge on any atom is 0.326 e. The van der Waals surface area contributed by atoms with Crippen molar-refractivity contribution < 1.29 is 27.4 Å². The lowest BCUT2D eigenvalue weighted by molar-refractivity contribution is -0.138. The molecule has 2 aromatic carbocycles. The zero-order valence-electron chi connectivity index (χ0n) is 14.8. The average molecular weight is 412 g/mol. The highest BCUT2D eigenvalue weighted by Gasteiger charge is 2.29. The number of hydrogen-bond donors (Lipinski definition) is 0. The van der Waals surface area contributed by atoms with Crippen LogP contribution in [-0.4, -0.2) is 41.3 Å². The highest BCUT2D eigenvalue weighted by molar-refractivity contribution is 7.92. The molecule has 0 spiro atoms. The number of fused-ring (bicyclic) bond motifs is 1. The van der Waals surface area contributed by atoms with Gasteiger partial charge in [0.15, 0.2) is 11.5 Å². The van der Waals surface area contributed by atoms with Crippen molar-refractivity contribution in [2.45, 2.75) is 11.8 Å². The Hall–Kier alpha value is -2.45. The maximum atomic E-state index is 13.2. The van der Waals surface area contributed by atoms with Crippen molar-refractivity contribution in [3.8, 4) is 11.5 Å². The van der Waals surface area contributed by atoms with Crippen LogP contribution in [0.2, 0.25) is 5.02 Å². The molecule has 0 saturated carbocycles. The van der Waals surface area contributed by atoms with Crippen LogP contribution < -0.4 is 13.8 Å². The van der Waals surface area contributed by atoms with Crippen molar-refractivity contribution in [1.82, 2.24) is 0 Å². The van der Waals surface area contributed by atoms with Crippen LogP contribution in [0.5, 0.6) is 11.5 Å². The zero-order valence-corrected chi connectivity index (χ0v) is 16.3. The number of rotatable bonds is 5. The third kappa shape index (κ3) is 3.96. The summed E-state index contributed by atoms with van der Waals surface area (Å²) in [5.41, 5.74) is 1.04. The number of nitrogens with zero attached hydrogens (tertiary/aromatic N) is 1. The molecule has 0 fully saturated rings. The normalized spacial score (nSPS) is 13.1. The molecule has 144 valence electrons. The predicted molar refractivity (Wildman–Crippen MR) is 100 cm³/mol. The van der Waals surface area contributed by atoms with Gasteiger partial charge in [-0.3, -0.25) is 9.10 Å². The van der Waals surface area contributed by atoms with Crippen molar-refractivity contribution in [1.29, 1.82) is 0 Å². The third-order valence-corrected chi connectivity index (χ3v) is 6.22. The van der Waals surface area contributed by atoms with Crippen LogP contribution >= 0.6 is 11.6 Å². The van der Waals surface area contributed by atoms with Crippen LogP contribution in [0.3, 0.4) is 0 Å². The molecule has 0 radical (unpaired) electrons. The molecular formula is C18H18ClNO6S. The highest BCUT2D eigenvalue weighted by Crippen LogP contribution is 2.34. The first-order chi connectivity index (χ1) is 12.8. The van der Waals surface area contributed by atoms with Gasteiger partial charge in [-0.1, -0.05) is 17.7 Å². The van der Waals surface area contributed by atoms with Crippen LogP contribution in [0.1, 0.15) is 5.56 Å². The minimum absolute atomic E-state index is 0.0349. The van der Waals surface area contributed by atoms with Crippen LogP contribution in [0.4, 0.5) is 5.69 Å². The number of hydrogen-bond acceptors (Lipinski definition) is 6. The van der Waals surface area contributed by atoms with Crippen molar-refractivity contribution in [2.75, 3.05) is 31.2 Å². The lowest BCUT2D eigenvalue weighted by atomic mass is 10.2. The topological polar surface area (TPSA) is 82.1 Å². The quantitative estimate of drug-likeness (QED) is 0.703. The summed E-state index contributed by atoms with van der Waals surface area (Å²) in [6.07, 6.45) is 0. The summed E-state index contributed by atoms with van der Waals surface area (Å²) in [5, 5.41) is 0.389. The van der Waals surface area contributed by atoms with E-state index < -0.39 is 22.5 Å². The van der Waals surface area contributed by atoms with Crippen LogP contribution in [0.25, 0.3) is 0 Å². The Morgan fingerprint density at radius 3 is 2.52 bits per heavy atom. The summed E-state index contributed by atoms with van der Waals surface area (Å²) in [6.45, 7) is 2.03. The van der Waals surface area contributed by atoms with Gasteiger partial charge >= 0.3 is 5.97 Å². The molecule has 0 aromatic heterocycles. The standard InChI is InChI=1S/C18H18ClNO6S/c1-12-3-4-13(9-15(12)19)20(11-18(21)24-2)27(22,23)14-5-6-16-17(10-14)26-8-7-25-16/h3-6,9-10H,7-8,11H2,1-2H3. The van der Waals surface area contributed by atoms with Gasteiger partial charge in [0, 0.05) is 11.1 Å². The summed E-state index contributed by atoms with van der Waals surface area (Å²) >= 11 is 6.15. The fourth-order valence-corrected chi connectivity index (χ4v) is 4.14. The molecule has 9 heteroatoms. The smallest absolute Gasteiger partial charge is 0.326 e. The Balaban J connectivity index is 2.06. The van der Waals surface area contributed by atoms with Crippen LogP contribution in [0, 0.1) is 6.92 Å². The lowest BCUT2D eigenvalue weighted by Crippen LogP contribution is -2.36. The highest BCUT2D eigenvalue weighted by atomic mass is 35.5. The molecule has 0 saturated heterocycles. The summed E-state index contributed by atoms with van der Waals surface area (Å²) in [6, 6.07) is 9.07. The van der Waals surface area contributed by atoms with E-state index in [1.807, 2.05) is 0 Å². The second-order valence-corrected chi connectivity index (χ2v) is 8.10. The SMILES string of the molecule is COC(=O)CN(c1ccc(C)c(Cl)c1)S(=O)(=O)c1ccc2c(c1)OCCO2. The molecule has 0 amide bonds. The largest absolute Gasteiger partial charge is 0.486 e. The Morgan fingerprint density at radius 1 is 1.15 bits per heavy atom. The van der Waals surface area contributed by atoms with Gasteiger partial charge in [-0.15, -0.1) is 0 Å². The molecule has 2 aromatic rings. The molecule has 1 aliphatic heterocycles. The van der Waals surface area contributed by atoms with Crippen LogP contribution in [-0.2, 0) is 19.6 Å². The second-order valence-electron chi connectivity index (χ2n) is 5.83. The number of ether oxygens (including phenoxy) is 3. The molecule has 0 N–H and O–H groups in total. The average Bonchev–Trinajstić information content (AvgIpc) is 2.67. The van der Waals surface area contributed by atoms with E-state index in [2.05, 4.69) is 4.74 Å². The first-order valence-corrected chi connectivity index (χ1v) is 9.90. The Morgan fingerprint density at radius 2 is 1.85 bits per heavy atom. The van der Waals surface area contributed by atoms with E-state index in [4.69, 9.17) is 21.1 Å². The summed E-state index contributed by atoms with van der Waals surface area (Å²) in [4.78, 5) is 11.8. The van der Waals surface area contributed by atoms with Gasteiger partial charge in [0.2, 0.25) is 0 Å². The van der Waals surface area contributed by atoms with Crippen molar-refractivity contribution in [2.24, 2.45) is 0 Å². The number of halogens is 1. The zero-order chi connectivity index (χ0) is 19.6. The summed E-state index contributed by atoms with van der Waals surface area (Å²) in [5.74, 6) is 0.105. The molecular weight excluding hydrogens is 394 g/mol. The number of carbonyl (C=O) groups excluding carboxylic acids is 1. The molecule has 0 aliphatic carbocycles. The maximum absolute atomic E-state index is 13.2. The van der Waals surface area contributed by atoms with Crippen molar-refractivity contribution in [3.05, 3.63) is 47.0 Å². The number of aryl methyl sites for hydroxylation is 1.